The molecule has 368 valence electrons. The molecule has 10 rings (SSSR count). The summed E-state index contributed by atoms with van der Waals surface area (Å²) in [5, 5.41) is 1.36. The molecule has 4 heteroatoms. The lowest BCUT2D eigenvalue weighted by atomic mass is 9.36. The molecule has 7 aromatic rings. The average Bonchev–Trinajstić information content (AvgIpc) is 3.96. The van der Waals surface area contributed by atoms with E-state index in [0.29, 0.717) is 5.92 Å². The van der Waals surface area contributed by atoms with Gasteiger partial charge in [-0.25, -0.2) is 0 Å². The first-order chi connectivity index (χ1) is 33.0. The van der Waals surface area contributed by atoms with Crippen molar-refractivity contribution < 1.29 is 0 Å². The van der Waals surface area contributed by atoms with Gasteiger partial charge in [0, 0.05) is 43.2 Å². The largest absolute Gasteiger partial charge is 0.311 e. The predicted molar refractivity (Wildman–Crippen MR) is 315 cm³/mol. The minimum atomic E-state index is -0.126. The third-order valence-electron chi connectivity index (χ3n) is 16.3. The molecular weight excluding hydrogens is 876 g/mol. The number of hydrogen-bond donors (Lipinski definition) is 0. The quantitative estimate of drug-likeness (QED) is 0.162. The third kappa shape index (κ3) is 8.81. The molecule has 0 radical (unpaired) electrons. The van der Waals surface area contributed by atoms with Gasteiger partial charge in [-0.1, -0.05) is 192 Å². The van der Waals surface area contributed by atoms with Crippen molar-refractivity contribution in [2.75, 3.05) is 9.80 Å². The Hall–Kier alpha value is -5.06. The van der Waals surface area contributed by atoms with E-state index in [1.807, 2.05) is 11.3 Å². The fourth-order valence-corrected chi connectivity index (χ4v) is 12.9. The van der Waals surface area contributed by atoms with Crippen LogP contribution in [0.2, 0.25) is 0 Å². The smallest absolute Gasteiger partial charge is 0.264 e. The first-order valence-corrected chi connectivity index (χ1v) is 27.7. The Balaban J connectivity index is 1.35. The summed E-state index contributed by atoms with van der Waals surface area (Å²) in [5.41, 5.74) is 22.4. The van der Waals surface area contributed by atoms with Crippen LogP contribution in [-0.4, -0.2) is 6.71 Å². The minimum absolute atomic E-state index is 0.00968. The summed E-state index contributed by atoms with van der Waals surface area (Å²) in [6, 6.07) is 44.7. The van der Waals surface area contributed by atoms with Gasteiger partial charge in [0.05, 0.1) is 11.4 Å². The van der Waals surface area contributed by atoms with E-state index in [2.05, 4.69) is 244 Å². The van der Waals surface area contributed by atoms with Crippen molar-refractivity contribution >= 4 is 78.0 Å². The standard InChI is InChI=1S/C67H81BN2S/c1-62(2,3)44-25-30-54(51(36-44)43-33-47(65(10,11)12)35-48(34-43)66(13,14)15)70-55-31-26-46(64(7,8)9)38-53(55)68-59-56(39-49(40-57(59)70)67(16,17)18)69(50-28-23-42(24-29-50)41-21-19-20-22-41)60-52-37-45(63(4,5)6)27-32-58(52)71-61(60)68/h23-41H,19-22H2,1-18H3. The number of thiophene rings is 1. The van der Waals surface area contributed by atoms with E-state index in [4.69, 9.17) is 0 Å². The topological polar surface area (TPSA) is 6.48 Å². The highest BCUT2D eigenvalue weighted by atomic mass is 32.1. The molecule has 6 aromatic carbocycles. The summed E-state index contributed by atoms with van der Waals surface area (Å²) in [6.07, 6.45) is 5.26. The maximum Gasteiger partial charge on any atom is 0.264 e. The minimum Gasteiger partial charge on any atom is -0.311 e. The van der Waals surface area contributed by atoms with Gasteiger partial charge < -0.3 is 9.80 Å². The average molecular weight is 957 g/mol. The Labute approximate surface area is 433 Å². The number of hydrogen-bond acceptors (Lipinski definition) is 3. The second-order valence-corrected chi connectivity index (χ2v) is 29.0. The Morgan fingerprint density at radius 3 is 1.46 bits per heavy atom. The lowest BCUT2D eigenvalue weighted by Gasteiger charge is -2.45. The van der Waals surface area contributed by atoms with Crippen molar-refractivity contribution in [2.45, 2.75) is 189 Å². The Morgan fingerprint density at radius 1 is 0.437 bits per heavy atom. The molecule has 0 bridgehead atoms. The molecule has 0 unspecified atom stereocenters. The van der Waals surface area contributed by atoms with Crippen LogP contribution in [0.5, 0.6) is 0 Å². The van der Waals surface area contributed by atoms with Gasteiger partial charge >= 0.3 is 0 Å². The molecule has 0 spiro atoms. The molecule has 1 aromatic heterocycles. The third-order valence-corrected chi connectivity index (χ3v) is 17.5. The highest BCUT2D eigenvalue weighted by molar-refractivity contribution is 7.33. The van der Waals surface area contributed by atoms with Crippen LogP contribution in [0.1, 0.15) is 195 Å². The summed E-state index contributed by atoms with van der Waals surface area (Å²) in [4.78, 5) is 5.40. The maximum atomic E-state index is 2.70. The molecule has 3 heterocycles. The summed E-state index contributed by atoms with van der Waals surface area (Å²) in [6.45, 7) is 42.7. The lowest BCUT2D eigenvalue weighted by molar-refractivity contribution is 0.569. The van der Waals surface area contributed by atoms with Crippen molar-refractivity contribution in [3.63, 3.8) is 0 Å². The summed E-state index contributed by atoms with van der Waals surface area (Å²) in [5.74, 6) is 0.656. The van der Waals surface area contributed by atoms with Gasteiger partial charge in [0.25, 0.3) is 6.71 Å². The molecule has 1 saturated carbocycles. The number of benzene rings is 6. The van der Waals surface area contributed by atoms with E-state index in [9.17, 15) is 0 Å². The SMILES string of the molecule is CC(C)(C)c1cc(-c2cc(C(C)(C)C)ccc2N2c3ccc(C(C)(C)C)cc3B3c4sc5ccc(C(C)(C)C)cc5c4N(c4ccc(C5CCCC5)cc4)c4cc(C(C)(C)C)cc2c43)cc(C(C)(C)C)c1. The van der Waals surface area contributed by atoms with Gasteiger partial charge in [-0.2, -0.15) is 0 Å². The fourth-order valence-electron chi connectivity index (χ4n) is 11.6. The van der Waals surface area contributed by atoms with E-state index in [0.717, 1.165) is 0 Å². The van der Waals surface area contributed by atoms with Gasteiger partial charge in [0.15, 0.2) is 0 Å². The highest BCUT2D eigenvalue weighted by Gasteiger charge is 2.47. The molecule has 0 N–H and O–H groups in total. The molecule has 0 atom stereocenters. The monoisotopic (exact) mass is 957 g/mol. The van der Waals surface area contributed by atoms with E-state index < -0.39 is 0 Å². The molecule has 3 aliphatic rings. The first-order valence-electron chi connectivity index (χ1n) is 26.9. The summed E-state index contributed by atoms with van der Waals surface area (Å²) in [7, 11) is 0. The van der Waals surface area contributed by atoms with Crippen molar-refractivity contribution in [3.05, 3.63) is 148 Å². The Kier molecular flexibility index (Phi) is 11.7. The van der Waals surface area contributed by atoms with Gasteiger partial charge in [-0.15, -0.1) is 11.3 Å². The molecule has 2 nitrogen and oxygen atoms in total. The van der Waals surface area contributed by atoms with Crippen LogP contribution in [0.3, 0.4) is 0 Å². The van der Waals surface area contributed by atoms with Crippen molar-refractivity contribution in [1.29, 1.82) is 0 Å². The number of nitrogens with zero attached hydrogens (tertiary/aromatic N) is 2. The molecule has 0 amide bonds. The van der Waals surface area contributed by atoms with Gasteiger partial charge in [0.1, 0.15) is 0 Å². The summed E-state index contributed by atoms with van der Waals surface area (Å²) < 4.78 is 2.79. The van der Waals surface area contributed by atoms with Crippen LogP contribution in [-0.2, 0) is 32.5 Å². The Bertz CT molecular complexity index is 3170. The second-order valence-electron chi connectivity index (χ2n) is 27.9. The normalized spacial score (nSPS) is 15.7. The van der Waals surface area contributed by atoms with Crippen LogP contribution < -0.4 is 25.5 Å². The van der Waals surface area contributed by atoms with E-state index >= 15 is 0 Å². The Morgan fingerprint density at radius 2 is 0.915 bits per heavy atom. The van der Waals surface area contributed by atoms with Gasteiger partial charge in [-0.3, -0.25) is 0 Å². The predicted octanol–water partition coefficient (Wildman–Crippen LogP) is 18.1. The van der Waals surface area contributed by atoms with E-state index in [1.54, 1.807) is 0 Å². The zero-order valence-electron chi connectivity index (χ0n) is 46.7. The van der Waals surface area contributed by atoms with Crippen LogP contribution in [0.4, 0.5) is 34.1 Å². The van der Waals surface area contributed by atoms with Crippen LogP contribution in [0.15, 0.2) is 109 Å². The summed E-state index contributed by atoms with van der Waals surface area (Å²) >= 11 is 2.02. The molecule has 1 aliphatic carbocycles. The van der Waals surface area contributed by atoms with Gasteiger partial charge in [0.2, 0.25) is 0 Å². The highest BCUT2D eigenvalue weighted by Crippen LogP contribution is 2.52. The molecule has 0 saturated heterocycles. The number of fused-ring (bicyclic) bond motifs is 6. The zero-order valence-corrected chi connectivity index (χ0v) is 47.5. The van der Waals surface area contributed by atoms with Crippen LogP contribution in [0.25, 0.3) is 21.2 Å². The van der Waals surface area contributed by atoms with E-state index in [-0.39, 0.29) is 39.2 Å². The van der Waals surface area contributed by atoms with Crippen molar-refractivity contribution in [3.8, 4) is 11.1 Å². The lowest BCUT2D eigenvalue weighted by Crippen LogP contribution is -2.60. The van der Waals surface area contributed by atoms with Crippen LogP contribution in [0, 0.1) is 0 Å². The number of anilines is 6. The molecular formula is C67H81BN2S. The second kappa shape index (κ2) is 16.7. The fraction of sp³-hybridized carbons (Fsp3) is 0.433. The first kappa shape index (κ1) is 49.5. The number of rotatable bonds is 4. The van der Waals surface area contributed by atoms with Crippen molar-refractivity contribution in [2.24, 2.45) is 0 Å². The van der Waals surface area contributed by atoms with Crippen LogP contribution >= 0.6 is 11.3 Å². The van der Waals surface area contributed by atoms with Gasteiger partial charge in [-0.05, 0) is 161 Å². The van der Waals surface area contributed by atoms with E-state index in [1.165, 1.54) is 136 Å². The molecule has 2 aliphatic heterocycles. The van der Waals surface area contributed by atoms with Crippen molar-refractivity contribution in [1.82, 2.24) is 0 Å². The maximum absolute atomic E-state index is 2.70. The zero-order chi connectivity index (χ0) is 51.1. The molecule has 1 fully saturated rings. The molecule has 71 heavy (non-hydrogen) atoms.